The van der Waals surface area contributed by atoms with Crippen molar-refractivity contribution in [1.82, 2.24) is 15.1 Å². The summed E-state index contributed by atoms with van der Waals surface area (Å²) in [6, 6.07) is 11.3. The monoisotopic (exact) mass is 340 g/mol. The van der Waals surface area contributed by atoms with Crippen LogP contribution in [0, 0.1) is 5.92 Å². The van der Waals surface area contributed by atoms with Gasteiger partial charge in [-0.05, 0) is 25.0 Å². The van der Waals surface area contributed by atoms with E-state index in [4.69, 9.17) is 0 Å². The Bertz CT molecular complexity index is 746. The van der Waals surface area contributed by atoms with Gasteiger partial charge in [-0.3, -0.25) is 9.59 Å². The Kier molecular flexibility index (Phi) is 5.16. The van der Waals surface area contributed by atoms with Crippen molar-refractivity contribution < 1.29 is 9.59 Å². The normalized spacial score (nSPS) is 14.7. The molecule has 2 amide bonds. The number of nitrogens with zero attached hydrogens (tertiary/aromatic N) is 2. The van der Waals surface area contributed by atoms with Gasteiger partial charge >= 0.3 is 0 Å². The van der Waals surface area contributed by atoms with E-state index in [1.165, 1.54) is 0 Å². The fourth-order valence-electron chi connectivity index (χ4n) is 2.95. The van der Waals surface area contributed by atoms with Crippen LogP contribution >= 0.6 is 0 Å². The van der Waals surface area contributed by atoms with Gasteiger partial charge in [-0.25, -0.2) is 4.68 Å². The van der Waals surface area contributed by atoms with Gasteiger partial charge in [-0.1, -0.05) is 44.9 Å². The third-order valence-electron chi connectivity index (χ3n) is 4.41. The van der Waals surface area contributed by atoms with E-state index < -0.39 is 0 Å². The molecule has 0 saturated heterocycles. The first-order chi connectivity index (χ1) is 12.0. The number of rotatable bonds is 5. The summed E-state index contributed by atoms with van der Waals surface area (Å²) in [6.45, 7) is 3.65. The van der Waals surface area contributed by atoms with Crippen molar-refractivity contribution in [2.75, 3.05) is 5.32 Å². The molecule has 2 N–H and O–H groups in total. The number of hydrogen-bond acceptors (Lipinski definition) is 3. The molecule has 6 nitrogen and oxygen atoms in total. The minimum absolute atomic E-state index is 0.111. The van der Waals surface area contributed by atoms with E-state index in [0.717, 1.165) is 31.4 Å². The van der Waals surface area contributed by atoms with Crippen molar-refractivity contribution in [1.29, 1.82) is 0 Å². The van der Waals surface area contributed by atoms with Crippen LogP contribution in [0.15, 0.2) is 36.4 Å². The van der Waals surface area contributed by atoms with Gasteiger partial charge in [-0.2, -0.15) is 5.10 Å². The van der Waals surface area contributed by atoms with Crippen LogP contribution in [0.3, 0.4) is 0 Å². The summed E-state index contributed by atoms with van der Waals surface area (Å²) >= 11 is 0. The zero-order valence-electron chi connectivity index (χ0n) is 14.7. The topological polar surface area (TPSA) is 76.0 Å². The Morgan fingerprint density at radius 3 is 2.48 bits per heavy atom. The van der Waals surface area contributed by atoms with Gasteiger partial charge in [0.05, 0.1) is 5.69 Å². The number of anilines is 1. The van der Waals surface area contributed by atoms with Crippen molar-refractivity contribution in [2.45, 2.75) is 45.6 Å². The van der Waals surface area contributed by atoms with Gasteiger partial charge in [0.25, 0.3) is 5.91 Å². The summed E-state index contributed by atoms with van der Waals surface area (Å²) < 4.78 is 1.60. The summed E-state index contributed by atoms with van der Waals surface area (Å²) in [5.74, 6) is 0.0396. The van der Waals surface area contributed by atoms with Crippen LogP contribution in [0.25, 0.3) is 5.69 Å². The molecule has 1 fully saturated rings. The second-order valence-corrected chi connectivity index (χ2v) is 6.76. The van der Waals surface area contributed by atoms with Crippen LogP contribution in [-0.2, 0) is 4.79 Å². The average Bonchev–Trinajstić information content (AvgIpc) is 3.25. The molecule has 0 radical (unpaired) electrons. The van der Waals surface area contributed by atoms with Crippen LogP contribution in [0.4, 0.5) is 5.82 Å². The van der Waals surface area contributed by atoms with Crippen LogP contribution in [-0.4, -0.2) is 27.6 Å². The Balaban J connectivity index is 1.88. The zero-order valence-corrected chi connectivity index (χ0v) is 14.7. The van der Waals surface area contributed by atoms with E-state index in [-0.39, 0.29) is 23.8 Å². The van der Waals surface area contributed by atoms with Crippen LogP contribution in [0.1, 0.15) is 50.0 Å². The molecule has 0 bridgehead atoms. The molecular weight excluding hydrogens is 316 g/mol. The number of carbonyl (C=O) groups is 2. The van der Waals surface area contributed by atoms with Crippen LogP contribution in [0.5, 0.6) is 0 Å². The van der Waals surface area contributed by atoms with E-state index in [2.05, 4.69) is 15.7 Å². The van der Waals surface area contributed by atoms with E-state index in [1.54, 1.807) is 10.7 Å². The Labute approximate surface area is 147 Å². The number of para-hydroxylation sites is 1. The summed E-state index contributed by atoms with van der Waals surface area (Å²) in [7, 11) is 0. The molecule has 1 aliphatic carbocycles. The summed E-state index contributed by atoms with van der Waals surface area (Å²) in [5.41, 5.74) is 1.11. The maximum absolute atomic E-state index is 12.5. The fraction of sp³-hybridized carbons (Fsp3) is 0.421. The van der Waals surface area contributed by atoms with Crippen molar-refractivity contribution in [3.8, 4) is 5.69 Å². The minimum Gasteiger partial charge on any atom is -0.348 e. The van der Waals surface area contributed by atoms with Gasteiger partial charge in [0, 0.05) is 18.0 Å². The molecule has 3 rings (SSSR count). The highest BCUT2D eigenvalue weighted by Crippen LogP contribution is 2.20. The first kappa shape index (κ1) is 17.2. The first-order valence-corrected chi connectivity index (χ1v) is 8.82. The van der Waals surface area contributed by atoms with Gasteiger partial charge in [0.1, 0.15) is 5.82 Å². The molecule has 6 heteroatoms. The molecule has 132 valence electrons. The van der Waals surface area contributed by atoms with E-state index in [9.17, 15) is 9.59 Å². The Hall–Kier alpha value is -2.63. The van der Waals surface area contributed by atoms with Crippen molar-refractivity contribution in [3.63, 3.8) is 0 Å². The summed E-state index contributed by atoms with van der Waals surface area (Å²) in [4.78, 5) is 24.6. The Morgan fingerprint density at radius 1 is 1.16 bits per heavy atom. The molecule has 0 atom stereocenters. The molecule has 1 saturated carbocycles. The van der Waals surface area contributed by atoms with Gasteiger partial charge in [-0.15, -0.1) is 0 Å². The molecule has 1 aliphatic rings. The van der Waals surface area contributed by atoms with Crippen LogP contribution < -0.4 is 10.6 Å². The lowest BCUT2D eigenvalue weighted by molar-refractivity contribution is -0.118. The maximum atomic E-state index is 12.5. The lowest BCUT2D eigenvalue weighted by Gasteiger charge is -2.10. The quantitative estimate of drug-likeness (QED) is 0.878. The van der Waals surface area contributed by atoms with Crippen molar-refractivity contribution in [3.05, 3.63) is 42.1 Å². The van der Waals surface area contributed by atoms with Crippen molar-refractivity contribution >= 4 is 17.6 Å². The number of nitrogens with one attached hydrogen (secondary N) is 2. The maximum Gasteiger partial charge on any atom is 0.272 e. The smallest absolute Gasteiger partial charge is 0.272 e. The van der Waals surface area contributed by atoms with Gasteiger partial charge in [0.2, 0.25) is 5.91 Å². The lowest BCUT2D eigenvalue weighted by atomic mass is 10.2. The SMILES string of the molecule is CC(C)C(=O)Nc1cc(C(=O)NC2CCCC2)nn1-c1ccccc1. The van der Waals surface area contributed by atoms with Crippen molar-refractivity contribution in [2.24, 2.45) is 5.92 Å². The van der Waals surface area contributed by atoms with E-state index in [0.29, 0.717) is 11.5 Å². The number of amides is 2. The number of hydrogen-bond donors (Lipinski definition) is 2. The summed E-state index contributed by atoms with van der Waals surface area (Å²) in [6.07, 6.45) is 4.34. The zero-order chi connectivity index (χ0) is 17.8. The highest BCUT2D eigenvalue weighted by atomic mass is 16.2. The largest absolute Gasteiger partial charge is 0.348 e. The highest BCUT2D eigenvalue weighted by Gasteiger charge is 2.22. The second-order valence-electron chi connectivity index (χ2n) is 6.76. The molecule has 0 spiro atoms. The minimum atomic E-state index is -0.193. The van der Waals surface area contributed by atoms with E-state index >= 15 is 0 Å². The first-order valence-electron chi connectivity index (χ1n) is 8.82. The standard InChI is InChI=1S/C19H24N4O2/c1-13(2)18(24)21-17-12-16(19(25)20-14-8-6-7-9-14)22-23(17)15-10-4-3-5-11-15/h3-5,10-14H,6-9H2,1-2H3,(H,20,25)(H,21,24). The fourth-order valence-corrected chi connectivity index (χ4v) is 2.95. The molecule has 0 aliphatic heterocycles. The predicted octanol–water partition coefficient (Wildman–Crippen LogP) is 3.14. The molecule has 1 aromatic heterocycles. The third kappa shape index (κ3) is 4.07. The van der Waals surface area contributed by atoms with Gasteiger partial charge < -0.3 is 10.6 Å². The second kappa shape index (κ2) is 7.51. The predicted molar refractivity (Wildman–Crippen MR) is 96.8 cm³/mol. The molecular formula is C19H24N4O2. The highest BCUT2D eigenvalue weighted by molar-refractivity contribution is 5.96. The molecule has 1 aromatic carbocycles. The molecule has 1 heterocycles. The van der Waals surface area contributed by atoms with Crippen LogP contribution in [0.2, 0.25) is 0 Å². The molecule has 25 heavy (non-hydrogen) atoms. The average molecular weight is 340 g/mol. The third-order valence-corrected chi connectivity index (χ3v) is 4.41. The molecule has 0 unspecified atom stereocenters. The number of carbonyl (C=O) groups excluding carboxylic acids is 2. The lowest BCUT2D eigenvalue weighted by Crippen LogP contribution is -2.32. The van der Waals surface area contributed by atoms with E-state index in [1.807, 2.05) is 44.2 Å². The Morgan fingerprint density at radius 2 is 1.84 bits per heavy atom. The number of aromatic nitrogens is 2. The van der Waals surface area contributed by atoms with Gasteiger partial charge in [0.15, 0.2) is 5.69 Å². The number of benzene rings is 1. The molecule has 2 aromatic rings. The summed E-state index contributed by atoms with van der Waals surface area (Å²) in [5, 5.41) is 10.3.